The Bertz CT molecular complexity index is 905. The second kappa shape index (κ2) is 5.67. The molecule has 3 aromatic rings. The van der Waals surface area contributed by atoms with Gasteiger partial charge in [-0.1, -0.05) is 0 Å². The van der Waals surface area contributed by atoms with Gasteiger partial charge in [0.2, 0.25) is 0 Å². The van der Waals surface area contributed by atoms with Crippen LogP contribution in [0.4, 0.5) is 5.82 Å². The summed E-state index contributed by atoms with van der Waals surface area (Å²) in [6.45, 7) is 3.67. The van der Waals surface area contributed by atoms with Crippen molar-refractivity contribution in [2.75, 3.05) is 25.7 Å². The number of benzene rings is 1. The largest absolute Gasteiger partial charge is 0.493 e. The van der Waals surface area contributed by atoms with E-state index in [1.807, 2.05) is 13.0 Å². The lowest BCUT2D eigenvalue weighted by atomic mass is 9.99. The van der Waals surface area contributed by atoms with Crippen molar-refractivity contribution in [2.45, 2.75) is 19.9 Å². The Morgan fingerprint density at radius 1 is 1.04 bits per heavy atom. The van der Waals surface area contributed by atoms with Gasteiger partial charge in [0.25, 0.3) is 5.78 Å². The molecule has 7 heteroatoms. The summed E-state index contributed by atoms with van der Waals surface area (Å²) in [5.41, 5.74) is 3.47. The first-order valence-electron chi connectivity index (χ1n) is 7.85. The summed E-state index contributed by atoms with van der Waals surface area (Å²) < 4.78 is 12.6. The molecule has 0 unspecified atom stereocenters. The molecular weight excluding hydrogens is 306 g/mol. The monoisotopic (exact) mass is 325 g/mol. The zero-order chi connectivity index (χ0) is 16.7. The molecule has 3 heterocycles. The normalized spacial score (nSPS) is 13.9. The molecule has 0 amide bonds. The van der Waals surface area contributed by atoms with E-state index < -0.39 is 0 Å². The Kier molecular flexibility index (Phi) is 3.48. The van der Waals surface area contributed by atoms with Gasteiger partial charge in [-0.3, -0.25) is 0 Å². The number of hydrogen-bond acceptors (Lipinski definition) is 6. The van der Waals surface area contributed by atoms with E-state index >= 15 is 0 Å². The summed E-state index contributed by atoms with van der Waals surface area (Å²) in [5.74, 6) is 3.18. The summed E-state index contributed by atoms with van der Waals surface area (Å²) in [5, 5.41) is 4.31. The van der Waals surface area contributed by atoms with Crippen molar-refractivity contribution >= 4 is 11.6 Å². The van der Waals surface area contributed by atoms with Gasteiger partial charge in [-0.05, 0) is 36.6 Å². The third-order valence-electron chi connectivity index (χ3n) is 4.40. The molecule has 0 radical (unpaired) electrons. The lowest BCUT2D eigenvalue weighted by molar-refractivity contribution is 0.353. The number of methoxy groups -OCH3 is 2. The van der Waals surface area contributed by atoms with Crippen molar-refractivity contribution in [1.82, 2.24) is 19.6 Å². The molecule has 0 aliphatic carbocycles. The number of aryl methyl sites for hydroxylation is 1. The highest BCUT2D eigenvalue weighted by atomic mass is 16.5. The van der Waals surface area contributed by atoms with Crippen molar-refractivity contribution in [1.29, 1.82) is 0 Å². The minimum Gasteiger partial charge on any atom is -0.493 e. The van der Waals surface area contributed by atoms with Crippen LogP contribution in [0.15, 0.2) is 24.5 Å². The van der Waals surface area contributed by atoms with Crippen molar-refractivity contribution in [2.24, 2.45) is 0 Å². The molecule has 0 bridgehead atoms. The molecule has 0 N–H and O–H groups in total. The van der Waals surface area contributed by atoms with Gasteiger partial charge in [-0.2, -0.15) is 14.6 Å². The highest BCUT2D eigenvalue weighted by Crippen LogP contribution is 2.34. The number of aromatic nitrogens is 4. The van der Waals surface area contributed by atoms with Crippen LogP contribution in [0.2, 0.25) is 0 Å². The summed E-state index contributed by atoms with van der Waals surface area (Å²) in [4.78, 5) is 10.9. The van der Waals surface area contributed by atoms with E-state index in [1.165, 1.54) is 17.5 Å². The Labute approximate surface area is 139 Å². The standard InChI is InChI=1S/C17H19N5O2/c1-11-6-16(22-17(20-11)18-10-19-22)21-5-4-12-7-14(23-2)15(24-3)8-13(12)9-21/h6-8,10H,4-5,9H2,1-3H3. The molecule has 0 saturated heterocycles. The molecule has 0 saturated carbocycles. The van der Waals surface area contributed by atoms with Crippen molar-refractivity contribution in [3.8, 4) is 11.5 Å². The first-order valence-corrected chi connectivity index (χ1v) is 7.85. The lowest BCUT2D eigenvalue weighted by Crippen LogP contribution is -2.32. The van der Waals surface area contributed by atoms with Crippen LogP contribution in [0.25, 0.3) is 5.78 Å². The molecule has 1 aliphatic heterocycles. The topological polar surface area (TPSA) is 64.8 Å². The van der Waals surface area contributed by atoms with Crippen LogP contribution in [-0.4, -0.2) is 40.3 Å². The van der Waals surface area contributed by atoms with Crippen molar-refractivity contribution in [3.63, 3.8) is 0 Å². The fourth-order valence-electron chi connectivity index (χ4n) is 3.22. The van der Waals surface area contributed by atoms with Gasteiger partial charge in [0.05, 0.1) is 14.2 Å². The molecule has 4 rings (SSSR count). The Morgan fingerprint density at radius 2 is 1.79 bits per heavy atom. The molecule has 24 heavy (non-hydrogen) atoms. The van der Waals surface area contributed by atoms with Crippen LogP contribution in [0.3, 0.4) is 0 Å². The Balaban J connectivity index is 1.74. The molecule has 2 aromatic heterocycles. The van der Waals surface area contributed by atoms with Crippen LogP contribution < -0.4 is 14.4 Å². The molecule has 1 aromatic carbocycles. The van der Waals surface area contributed by atoms with E-state index in [2.05, 4.69) is 32.1 Å². The van der Waals surface area contributed by atoms with Crippen molar-refractivity contribution in [3.05, 3.63) is 41.3 Å². The van der Waals surface area contributed by atoms with E-state index in [0.717, 1.165) is 42.5 Å². The van der Waals surface area contributed by atoms with Gasteiger partial charge in [-0.25, -0.2) is 4.98 Å². The van der Waals surface area contributed by atoms with E-state index in [1.54, 1.807) is 18.7 Å². The zero-order valence-corrected chi connectivity index (χ0v) is 14.0. The van der Waals surface area contributed by atoms with Gasteiger partial charge < -0.3 is 14.4 Å². The fourth-order valence-corrected chi connectivity index (χ4v) is 3.22. The van der Waals surface area contributed by atoms with E-state index in [4.69, 9.17) is 9.47 Å². The first kappa shape index (κ1) is 14.7. The predicted octanol–water partition coefficient (Wildman–Crippen LogP) is 2.01. The summed E-state index contributed by atoms with van der Waals surface area (Å²) in [6.07, 6.45) is 2.48. The number of anilines is 1. The third kappa shape index (κ3) is 2.33. The minimum atomic E-state index is 0.628. The smallest absolute Gasteiger partial charge is 0.254 e. The molecular formula is C17H19N5O2. The maximum absolute atomic E-state index is 5.44. The van der Waals surface area contributed by atoms with Crippen LogP contribution in [-0.2, 0) is 13.0 Å². The number of ether oxygens (including phenoxy) is 2. The average Bonchev–Trinajstić information content (AvgIpc) is 3.07. The second-order valence-electron chi connectivity index (χ2n) is 5.88. The van der Waals surface area contributed by atoms with Crippen LogP contribution in [0.5, 0.6) is 11.5 Å². The minimum absolute atomic E-state index is 0.628. The Morgan fingerprint density at radius 3 is 2.54 bits per heavy atom. The van der Waals surface area contributed by atoms with Gasteiger partial charge in [-0.15, -0.1) is 0 Å². The fraction of sp³-hybridized carbons (Fsp3) is 0.353. The predicted molar refractivity (Wildman–Crippen MR) is 89.8 cm³/mol. The molecule has 124 valence electrons. The molecule has 0 spiro atoms. The Hall–Kier alpha value is -2.83. The number of nitrogens with zero attached hydrogens (tertiary/aromatic N) is 5. The van der Waals surface area contributed by atoms with E-state index in [0.29, 0.717) is 5.78 Å². The van der Waals surface area contributed by atoms with Gasteiger partial charge in [0.15, 0.2) is 11.5 Å². The van der Waals surface area contributed by atoms with Gasteiger partial charge in [0.1, 0.15) is 12.1 Å². The van der Waals surface area contributed by atoms with E-state index in [9.17, 15) is 0 Å². The van der Waals surface area contributed by atoms with Gasteiger partial charge >= 0.3 is 0 Å². The highest BCUT2D eigenvalue weighted by molar-refractivity contribution is 5.53. The maximum atomic E-state index is 5.44. The van der Waals surface area contributed by atoms with Gasteiger partial charge in [0, 0.05) is 24.8 Å². The van der Waals surface area contributed by atoms with E-state index in [-0.39, 0.29) is 0 Å². The van der Waals surface area contributed by atoms with Crippen molar-refractivity contribution < 1.29 is 9.47 Å². The summed E-state index contributed by atoms with van der Waals surface area (Å²) in [6, 6.07) is 6.19. The number of rotatable bonds is 3. The molecule has 1 aliphatic rings. The quantitative estimate of drug-likeness (QED) is 0.734. The summed E-state index contributed by atoms with van der Waals surface area (Å²) >= 11 is 0. The van der Waals surface area contributed by atoms with Crippen LogP contribution in [0.1, 0.15) is 16.8 Å². The third-order valence-corrected chi connectivity index (χ3v) is 4.40. The first-order chi connectivity index (χ1) is 11.7. The van der Waals surface area contributed by atoms with Crippen LogP contribution in [0, 0.1) is 6.92 Å². The molecule has 0 fully saturated rings. The molecule has 7 nitrogen and oxygen atoms in total. The average molecular weight is 325 g/mol. The van der Waals surface area contributed by atoms with Crippen LogP contribution >= 0.6 is 0 Å². The summed E-state index contributed by atoms with van der Waals surface area (Å²) in [7, 11) is 3.33. The number of fused-ring (bicyclic) bond motifs is 2. The maximum Gasteiger partial charge on any atom is 0.254 e. The highest BCUT2D eigenvalue weighted by Gasteiger charge is 2.22. The SMILES string of the molecule is COc1cc2c(cc1OC)CN(c1cc(C)nc3ncnn13)CC2. The zero-order valence-electron chi connectivity index (χ0n) is 14.0. The number of hydrogen-bond donors (Lipinski definition) is 0. The molecule has 0 atom stereocenters. The lowest BCUT2D eigenvalue weighted by Gasteiger charge is -2.31. The second-order valence-corrected chi connectivity index (χ2v) is 5.88.